The van der Waals surface area contributed by atoms with Crippen molar-refractivity contribution in [1.82, 2.24) is 15.3 Å². The van der Waals surface area contributed by atoms with Gasteiger partial charge in [-0.15, -0.1) is 11.3 Å². The molecule has 0 bridgehead atoms. The van der Waals surface area contributed by atoms with E-state index in [0.29, 0.717) is 5.56 Å². The number of nitrogens with zero attached hydrogens (tertiary/aromatic N) is 2. The molecule has 4 nitrogen and oxygen atoms in total. The molecule has 0 aliphatic heterocycles. The number of thiazole rings is 1. The summed E-state index contributed by atoms with van der Waals surface area (Å²) in [5.41, 5.74) is 0.532. The van der Waals surface area contributed by atoms with E-state index in [-0.39, 0.29) is 11.9 Å². The Morgan fingerprint density at radius 1 is 1.44 bits per heavy atom. The van der Waals surface area contributed by atoms with E-state index >= 15 is 0 Å². The lowest BCUT2D eigenvalue weighted by Gasteiger charge is -2.11. The van der Waals surface area contributed by atoms with Gasteiger partial charge in [-0.2, -0.15) is 0 Å². The van der Waals surface area contributed by atoms with E-state index in [1.165, 1.54) is 0 Å². The monoisotopic (exact) mass is 325 g/mol. The number of hydrogen-bond acceptors (Lipinski definition) is 4. The van der Waals surface area contributed by atoms with Crippen LogP contribution in [0.1, 0.15) is 33.2 Å². The maximum absolute atomic E-state index is 12.0. The maximum Gasteiger partial charge on any atom is 0.253 e. The van der Waals surface area contributed by atoms with Crippen molar-refractivity contribution in [1.29, 1.82) is 0 Å². The fraction of sp³-hybridized carbons (Fsp3) is 0.250. The highest BCUT2D eigenvalue weighted by Gasteiger charge is 2.14. The number of carbonyl (C=O) groups excluding carboxylic acids is 1. The molecule has 0 aliphatic carbocycles. The first-order valence-electron chi connectivity index (χ1n) is 5.40. The van der Waals surface area contributed by atoms with E-state index in [1.54, 1.807) is 29.8 Å². The smallest absolute Gasteiger partial charge is 0.253 e. The van der Waals surface area contributed by atoms with Crippen LogP contribution in [-0.4, -0.2) is 15.9 Å². The van der Waals surface area contributed by atoms with Crippen LogP contribution in [0.4, 0.5) is 0 Å². The molecule has 0 saturated heterocycles. The number of nitrogens with one attached hydrogen (secondary N) is 1. The third kappa shape index (κ3) is 3.14. The molecule has 18 heavy (non-hydrogen) atoms. The van der Waals surface area contributed by atoms with Crippen LogP contribution in [0.25, 0.3) is 0 Å². The lowest BCUT2D eigenvalue weighted by molar-refractivity contribution is 0.0939. The van der Waals surface area contributed by atoms with Crippen LogP contribution in [-0.2, 0) is 0 Å². The summed E-state index contributed by atoms with van der Waals surface area (Å²) in [6.07, 6.45) is 4.99. The van der Waals surface area contributed by atoms with Crippen molar-refractivity contribution in [2.45, 2.75) is 19.9 Å². The van der Waals surface area contributed by atoms with Gasteiger partial charge in [-0.25, -0.2) is 4.98 Å². The van der Waals surface area contributed by atoms with E-state index in [0.717, 1.165) is 14.4 Å². The Balaban J connectivity index is 2.08. The molecule has 1 atom stereocenters. The second-order valence-corrected chi connectivity index (χ2v) is 6.08. The molecule has 1 unspecified atom stereocenters. The van der Waals surface area contributed by atoms with Gasteiger partial charge in [-0.1, -0.05) is 0 Å². The lowest BCUT2D eigenvalue weighted by Crippen LogP contribution is -2.26. The van der Waals surface area contributed by atoms with Crippen molar-refractivity contribution in [3.8, 4) is 0 Å². The van der Waals surface area contributed by atoms with Crippen molar-refractivity contribution in [2.75, 3.05) is 0 Å². The fourth-order valence-corrected chi connectivity index (χ4v) is 2.59. The van der Waals surface area contributed by atoms with Gasteiger partial charge in [-0.3, -0.25) is 9.78 Å². The minimum atomic E-state index is -0.149. The number of rotatable bonds is 3. The van der Waals surface area contributed by atoms with Crippen molar-refractivity contribution in [2.24, 2.45) is 0 Å². The van der Waals surface area contributed by atoms with Gasteiger partial charge in [0.25, 0.3) is 5.91 Å². The normalized spacial score (nSPS) is 12.2. The van der Waals surface area contributed by atoms with Crippen LogP contribution in [0.5, 0.6) is 0 Å². The van der Waals surface area contributed by atoms with Gasteiger partial charge >= 0.3 is 0 Å². The van der Waals surface area contributed by atoms with Crippen LogP contribution in [0.15, 0.2) is 29.1 Å². The molecule has 0 spiro atoms. The molecule has 1 N–H and O–H groups in total. The van der Waals surface area contributed by atoms with Gasteiger partial charge in [0.1, 0.15) is 5.01 Å². The first kappa shape index (κ1) is 13.2. The highest BCUT2D eigenvalue weighted by atomic mass is 79.9. The molecule has 2 aromatic heterocycles. The molecular weight excluding hydrogens is 314 g/mol. The average molecular weight is 326 g/mol. The first-order valence-corrected chi connectivity index (χ1v) is 7.01. The van der Waals surface area contributed by atoms with Crippen LogP contribution in [0.3, 0.4) is 0 Å². The molecule has 0 radical (unpaired) electrons. The SMILES string of the molecule is Cc1cnc(C(C)NC(=O)c2cncc(Br)c2)s1. The molecule has 0 aliphatic rings. The van der Waals surface area contributed by atoms with Gasteiger partial charge in [0, 0.05) is 27.9 Å². The number of amides is 1. The molecular formula is C12H12BrN3OS. The van der Waals surface area contributed by atoms with Crippen LogP contribution in [0, 0.1) is 6.92 Å². The van der Waals surface area contributed by atoms with E-state index in [2.05, 4.69) is 31.2 Å². The molecule has 2 aromatic rings. The maximum atomic E-state index is 12.0. The fourth-order valence-electron chi connectivity index (χ4n) is 1.45. The van der Waals surface area contributed by atoms with Gasteiger partial charge in [0.05, 0.1) is 11.6 Å². The zero-order valence-electron chi connectivity index (χ0n) is 9.98. The zero-order valence-corrected chi connectivity index (χ0v) is 12.4. The summed E-state index contributed by atoms with van der Waals surface area (Å²) in [4.78, 5) is 21.4. The lowest BCUT2D eigenvalue weighted by atomic mass is 10.2. The van der Waals surface area contributed by atoms with Gasteiger partial charge in [0.15, 0.2) is 0 Å². The summed E-state index contributed by atoms with van der Waals surface area (Å²) in [5, 5.41) is 3.81. The third-order valence-corrected chi connectivity index (χ3v) is 3.85. The second-order valence-electron chi connectivity index (χ2n) is 3.90. The number of hydrogen-bond donors (Lipinski definition) is 1. The predicted octanol–water partition coefficient (Wildman–Crippen LogP) is 3.10. The topological polar surface area (TPSA) is 54.9 Å². The third-order valence-electron chi connectivity index (χ3n) is 2.32. The van der Waals surface area contributed by atoms with Crippen molar-refractivity contribution in [3.05, 3.63) is 44.6 Å². The second kappa shape index (κ2) is 5.58. The minimum absolute atomic E-state index is 0.102. The van der Waals surface area contributed by atoms with Crippen molar-refractivity contribution < 1.29 is 4.79 Å². The Morgan fingerprint density at radius 2 is 2.22 bits per heavy atom. The molecule has 0 fully saturated rings. The number of carbonyl (C=O) groups is 1. The van der Waals surface area contributed by atoms with Crippen LogP contribution < -0.4 is 5.32 Å². The van der Waals surface area contributed by atoms with E-state index in [1.807, 2.05) is 20.0 Å². The predicted molar refractivity (Wildman–Crippen MR) is 74.7 cm³/mol. The molecule has 0 aromatic carbocycles. The van der Waals surface area contributed by atoms with E-state index in [9.17, 15) is 4.79 Å². The number of pyridine rings is 1. The summed E-state index contributed by atoms with van der Waals surface area (Å²) in [6.45, 7) is 3.91. The van der Waals surface area contributed by atoms with Gasteiger partial charge in [-0.05, 0) is 35.8 Å². The summed E-state index contributed by atoms with van der Waals surface area (Å²) >= 11 is 4.88. The highest BCUT2D eigenvalue weighted by Crippen LogP contribution is 2.19. The summed E-state index contributed by atoms with van der Waals surface area (Å²) < 4.78 is 0.785. The van der Waals surface area contributed by atoms with Crippen LogP contribution in [0.2, 0.25) is 0 Å². The Kier molecular flexibility index (Phi) is 4.08. The zero-order chi connectivity index (χ0) is 13.1. The molecule has 1 amide bonds. The standard InChI is InChI=1S/C12H12BrN3OS/c1-7-4-15-12(18-7)8(2)16-11(17)9-3-10(13)6-14-5-9/h3-6,8H,1-2H3,(H,16,17). The Labute approximate surface area is 118 Å². The molecule has 6 heteroatoms. The number of aryl methyl sites for hydroxylation is 1. The van der Waals surface area contributed by atoms with E-state index in [4.69, 9.17) is 0 Å². The minimum Gasteiger partial charge on any atom is -0.343 e. The number of aromatic nitrogens is 2. The van der Waals surface area contributed by atoms with Gasteiger partial charge < -0.3 is 5.32 Å². The van der Waals surface area contributed by atoms with Crippen LogP contribution >= 0.6 is 27.3 Å². The van der Waals surface area contributed by atoms with E-state index < -0.39 is 0 Å². The highest BCUT2D eigenvalue weighted by molar-refractivity contribution is 9.10. The molecule has 2 rings (SSSR count). The Morgan fingerprint density at radius 3 is 2.83 bits per heavy atom. The summed E-state index contributed by atoms with van der Waals surface area (Å²) in [5.74, 6) is -0.149. The summed E-state index contributed by atoms with van der Waals surface area (Å²) in [7, 11) is 0. The molecule has 2 heterocycles. The Hall–Kier alpha value is -1.27. The molecule has 94 valence electrons. The van der Waals surface area contributed by atoms with Crippen molar-refractivity contribution >= 4 is 33.2 Å². The van der Waals surface area contributed by atoms with Crippen molar-refractivity contribution in [3.63, 3.8) is 0 Å². The largest absolute Gasteiger partial charge is 0.343 e. The average Bonchev–Trinajstić information content (AvgIpc) is 2.76. The summed E-state index contributed by atoms with van der Waals surface area (Å²) in [6, 6.07) is 1.64. The molecule has 0 saturated carbocycles. The quantitative estimate of drug-likeness (QED) is 0.943. The first-order chi connectivity index (χ1) is 8.56. The Bertz CT molecular complexity index is 570. The van der Waals surface area contributed by atoms with Gasteiger partial charge in [0.2, 0.25) is 0 Å². The number of halogens is 1.